The van der Waals surface area contributed by atoms with Gasteiger partial charge in [0.1, 0.15) is 0 Å². The van der Waals surface area contributed by atoms with Crippen LogP contribution in [0.2, 0.25) is 0 Å². The molecule has 2 aromatic carbocycles. The Morgan fingerprint density at radius 1 is 1.04 bits per heavy atom. The molecule has 2 heterocycles. The summed E-state index contributed by atoms with van der Waals surface area (Å²) in [6, 6.07) is 10.8. The lowest BCUT2D eigenvalue weighted by atomic mass is 10.1. The number of hydrogen-bond donors (Lipinski definition) is 1. The van der Waals surface area contributed by atoms with Crippen LogP contribution in [0.4, 0.5) is 0 Å². The van der Waals surface area contributed by atoms with Crippen molar-refractivity contribution in [1.29, 1.82) is 0 Å². The van der Waals surface area contributed by atoms with Gasteiger partial charge in [-0.3, -0.25) is 19.3 Å². The van der Waals surface area contributed by atoms with Gasteiger partial charge in [-0.05, 0) is 30.3 Å². The summed E-state index contributed by atoms with van der Waals surface area (Å²) in [7, 11) is 0. The number of imide groups is 1. The van der Waals surface area contributed by atoms with E-state index in [1.165, 1.54) is 24.3 Å². The number of nitrogens with one attached hydrogen (secondary N) is 1. The Morgan fingerprint density at radius 3 is 2.38 bits per heavy atom. The topological polar surface area (TPSA) is 83.1 Å². The first-order chi connectivity index (χ1) is 12.3. The molecule has 7 heteroatoms. The van der Waals surface area contributed by atoms with E-state index in [2.05, 4.69) is 26.1 Å². The Bertz CT molecular complexity index is 1120. The molecule has 0 radical (unpaired) electrons. The molecule has 0 spiro atoms. The van der Waals surface area contributed by atoms with Gasteiger partial charge in [0.25, 0.3) is 17.4 Å². The van der Waals surface area contributed by atoms with Crippen molar-refractivity contribution in [2.45, 2.75) is 6.50 Å². The SMILES string of the molecule is [2H]C([2H])(c1n[nH]c(=O)c2ccc(Br)cc12)N1C(=O)c2ccccc2C1=O. The van der Waals surface area contributed by atoms with E-state index in [-0.39, 0.29) is 27.6 Å². The molecule has 3 aromatic rings. The number of H-pyrrole nitrogens is 1. The number of carbonyl (C=O) groups excluding carboxylic acids is 2. The van der Waals surface area contributed by atoms with Crippen LogP contribution in [0, 0.1) is 0 Å². The van der Waals surface area contributed by atoms with Crippen LogP contribution < -0.4 is 5.56 Å². The van der Waals surface area contributed by atoms with Crippen LogP contribution in [0.3, 0.4) is 0 Å². The lowest BCUT2D eigenvalue weighted by molar-refractivity contribution is 0.0641. The van der Waals surface area contributed by atoms with Crippen molar-refractivity contribution in [3.63, 3.8) is 0 Å². The minimum absolute atomic E-state index is 0.135. The Balaban J connectivity index is 1.94. The molecule has 0 saturated carbocycles. The van der Waals surface area contributed by atoms with Gasteiger partial charge in [0.2, 0.25) is 0 Å². The first kappa shape index (κ1) is 12.6. The van der Waals surface area contributed by atoms with Crippen molar-refractivity contribution in [1.82, 2.24) is 15.1 Å². The summed E-state index contributed by atoms with van der Waals surface area (Å²) < 4.78 is 17.6. The molecule has 2 amide bonds. The van der Waals surface area contributed by atoms with Crippen LogP contribution in [0.1, 0.15) is 29.2 Å². The quantitative estimate of drug-likeness (QED) is 0.686. The number of halogens is 1. The lowest BCUT2D eigenvalue weighted by Gasteiger charge is -2.14. The van der Waals surface area contributed by atoms with E-state index >= 15 is 0 Å². The van der Waals surface area contributed by atoms with E-state index < -0.39 is 23.9 Å². The predicted octanol–water partition coefficient (Wildman–Crippen LogP) is 2.48. The largest absolute Gasteiger partial charge is 0.272 e. The van der Waals surface area contributed by atoms with Crippen LogP contribution in [-0.2, 0) is 6.50 Å². The summed E-state index contributed by atoms with van der Waals surface area (Å²) in [5.74, 6) is -1.49. The lowest BCUT2D eigenvalue weighted by Crippen LogP contribution is -2.30. The number of amides is 2. The number of hydrogen-bond acceptors (Lipinski definition) is 4. The molecule has 0 fully saturated rings. The third-order valence-corrected chi connectivity index (χ3v) is 4.26. The van der Waals surface area contributed by atoms with Gasteiger partial charge in [0, 0.05) is 9.86 Å². The molecule has 0 atom stereocenters. The van der Waals surface area contributed by atoms with Gasteiger partial charge in [-0.2, -0.15) is 5.10 Å². The van der Waals surface area contributed by atoms with Gasteiger partial charge in [0.15, 0.2) is 0 Å². The molecule has 0 unspecified atom stereocenters. The second kappa shape index (κ2) is 5.38. The smallest absolute Gasteiger partial charge is 0.269 e. The zero-order chi connectivity index (χ0) is 18.6. The maximum Gasteiger partial charge on any atom is 0.272 e. The maximum absolute atomic E-state index is 12.7. The van der Waals surface area contributed by atoms with Crippen molar-refractivity contribution < 1.29 is 12.3 Å². The van der Waals surface area contributed by atoms with Crippen LogP contribution in [0.15, 0.2) is 51.7 Å². The predicted molar refractivity (Wildman–Crippen MR) is 90.7 cm³/mol. The highest BCUT2D eigenvalue weighted by Gasteiger charge is 2.35. The number of benzene rings is 2. The van der Waals surface area contributed by atoms with Gasteiger partial charge < -0.3 is 0 Å². The van der Waals surface area contributed by atoms with Crippen molar-refractivity contribution >= 4 is 38.5 Å². The fraction of sp³-hybridized carbons (Fsp3) is 0.0588. The van der Waals surface area contributed by atoms with E-state index in [4.69, 9.17) is 2.74 Å². The highest BCUT2D eigenvalue weighted by molar-refractivity contribution is 9.10. The zero-order valence-electron chi connectivity index (χ0n) is 14.0. The Hall–Kier alpha value is -2.80. The minimum atomic E-state index is -2.56. The van der Waals surface area contributed by atoms with Gasteiger partial charge in [0.05, 0.1) is 31.4 Å². The number of fused-ring (bicyclic) bond motifs is 2. The van der Waals surface area contributed by atoms with E-state index in [0.717, 1.165) is 0 Å². The molecule has 4 rings (SSSR count). The standard InChI is InChI=1S/C17H10BrN3O3/c18-9-5-6-10-13(7-9)14(19-20-15(10)22)8-21-16(23)11-3-1-2-4-12(11)17(21)24/h1-7H,8H2,(H,20,22)/i8D2. The molecule has 6 nitrogen and oxygen atoms in total. The summed E-state index contributed by atoms with van der Waals surface area (Å²) in [6.45, 7) is -2.56. The molecule has 24 heavy (non-hydrogen) atoms. The third-order valence-electron chi connectivity index (χ3n) is 3.76. The molecule has 0 aliphatic carbocycles. The zero-order valence-corrected chi connectivity index (χ0v) is 13.6. The Labute approximate surface area is 147 Å². The molecular weight excluding hydrogens is 374 g/mol. The summed E-state index contributed by atoms with van der Waals surface area (Å²) >= 11 is 3.28. The van der Waals surface area contributed by atoms with Gasteiger partial charge in [-0.25, -0.2) is 5.10 Å². The molecule has 1 aliphatic rings. The van der Waals surface area contributed by atoms with Gasteiger partial charge in [-0.15, -0.1) is 0 Å². The van der Waals surface area contributed by atoms with Crippen LogP contribution >= 0.6 is 15.9 Å². The van der Waals surface area contributed by atoms with Crippen molar-refractivity contribution in [3.05, 3.63) is 74.1 Å². The molecule has 1 N–H and O–H groups in total. The van der Waals surface area contributed by atoms with Crippen molar-refractivity contribution in [2.75, 3.05) is 0 Å². The molecule has 0 saturated heterocycles. The van der Waals surface area contributed by atoms with E-state index in [9.17, 15) is 14.4 Å². The fourth-order valence-electron chi connectivity index (χ4n) is 2.62. The summed E-state index contributed by atoms with van der Waals surface area (Å²) in [6.07, 6.45) is 0. The third kappa shape index (κ3) is 2.16. The van der Waals surface area contributed by atoms with E-state index in [1.54, 1.807) is 18.2 Å². The average molecular weight is 386 g/mol. The van der Waals surface area contributed by atoms with Crippen LogP contribution in [0.5, 0.6) is 0 Å². The molecule has 0 bridgehead atoms. The molecule has 118 valence electrons. The van der Waals surface area contributed by atoms with Crippen LogP contribution in [0.25, 0.3) is 10.8 Å². The number of nitrogens with zero attached hydrogens (tertiary/aromatic N) is 2. The second-order valence-electron chi connectivity index (χ2n) is 5.19. The first-order valence-corrected chi connectivity index (χ1v) is 7.78. The van der Waals surface area contributed by atoms with Crippen molar-refractivity contribution in [3.8, 4) is 0 Å². The molecule has 1 aliphatic heterocycles. The first-order valence-electron chi connectivity index (χ1n) is 7.98. The Morgan fingerprint density at radius 2 is 1.71 bits per heavy atom. The molecular formula is C17H10BrN3O3. The van der Waals surface area contributed by atoms with E-state index in [0.29, 0.717) is 9.37 Å². The summed E-state index contributed by atoms with van der Waals surface area (Å²) in [5, 5.41) is 6.47. The summed E-state index contributed by atoms with van der Waals surface area (Å²) in [5.41, 5.74) is -0.440. The van der Waals surface area contributed by atoms with Crippen LogP contribution in [-0.4, -0.2) is 26.9 Å². The number of carbonyl (C=O) groups is 2. The van der Waals surface area contributed by atoms with Gasteiger partial charge >= 0.3 is 0 Å². The maximum atomic E-state index is 12.7. The van der Waals surface area contributed by atoms with Crippen molar-refractivity contribution in [2.24, 2.45) is 0 Å². The second-order valence-corrected chi connectivity index (χ2v) is 6.11. The minimum Gasteiger partial charge on any atom is -0.269 e. The molecule has 1 aromatic heterocycles. The monoisotopic (exact) mass is 385 g/mol. The normalized spacial score (nSPS) is 15.5. The number of aromatic amines is 1. The number of rotatable bonds is 2. The highest BCUT2D eigenvalue weighted by Crippen LogP contribution is 2.26. The van der Waals surface area contributed by atoms with Gasteiger partial charge in [-0.1, -0.05) is 28.1 Å². The average Bonchev–Trinajstić information content (AvgIpc) is 2.86. The Kier molecular flexibility index (Phi) is 2.83. The highest BCUT2D eigenvalue weighted by atomic mass is 79.9. The fourth-order valence-corrected chi connectivity index (χ4v) is 2.98. The van der Waals surface area contributed by atoms with E-state index in [1.807, 2.05) is 0 Å². The summed E-state index contributed by atoms with van der Waals surface area (Å²) in [4.78, 5) is 37.8. The number of aromatic nitrogens is 2.